The van der Waals surface area contributed by atoms with Crippen LogP contribution in [0.3, 0.4) is 0 Å². The van der Waals surface area contributed by atoms with E-state index in [1.54, 1.807) is 17.0 Å². The number of aldehydes is 1. The summed E-state index contributed by atoms with van der Waals surface area (Å²) in [4.78, 5) is 41.3. The third kappa shape index (κ3) is 10.4. The Bertz CT molecular complexity index is 559. The molecular weight excluding hydrogens is 371 g/mol. The topological polar surface area (TPSA) is 102 Å². The molecule has 1 heterocycles. The molecule has 24 heavy (non-hydrogen) atoms. The van der Waals surface area contributed by atoms with E-state index in [0.717, 1.165) is 5.03 Å². The van der Waals surface area contributed by atoms with Crippen molar-refractivity contribution < 1.29 is 23.8 Å². The van der Waals surface area contributed by atoms with Gasteiger partial charge in [-0.15, -0.1) is 0 Å². The predicted molar refractivity (Wildman–Crippen MR) is 94.0 cm³/mol. The Hall–Kier alpha value is -1.44. The molecule has 7 nitrogen and oxygen atoms in total. The van der Waals surface area contributed by atoms with Gasteiger partial charge in [-0.05, 0) is 22.9 Å². The van der Waals surface area contributed by atoms with E-state index in [2.05, 4.69) is 9.82 Å². The highest BCUT2D eigenvalue weighted by atomic mass is 33.1. The summed E-state index contributed by atoms with van der Waals surface area (Å²) < 4.78 is 11.8. The van der Waals surface area contributed by atoms with E-state index in [1.165, 1.54) is 10.8 Å². The van der Waals surface area contributed by atoms with Gasteiger partial charge >= 0.3 is 13.8 Å². The lowest BCUT2D eigenvalue weighted by molar-refractivity contribution is -0.157. The number of pyridine rings is 1. The van der Waals surface area contributed by atoms with Crippen molar-refractivity contribution in [1.29, 1.82) is 0 Å². The van der Waals surface area contributed by atoms with E-state index in [0.29, 0.717) is 18.2 Å². The summed E-state index contributed by atoms with van der Waals surface area (Å²) in [6, 6.07) is 5.65. The number of aromatic nitrogens is 1. The van der Waals surface area contributed by atoms with Crippen molar-refractivity contribution in [3.63, 3.8) is 0 Å². The van der Waals surface area contributed by atoms with Crippen LogP contribution in [0.15, 0.2) is 29.4 Å². The quantitative estimate of drug-likeness (QED) is 0.203. The van der Waals surface area contributed by atoms with Crippen LogP contribution in [0.1, 0.15) is 19.3 Å². The van der Waals surface area contributed by atoms with Gasteiger partial charge in [-0.1, -0.05) is 21.4 Å². The molecule has 130 valence electrons. The molecule has 1 rings (SSSR count). The molecule has 1 aromatic rings. The maximum absolute atomic E-state index is 11.8. The summed E-state index contributed by atoms with van der Waals surface area (Å²) in [5.41, 5.74) is 1.95. The lowest BCUT2D eigenvalue weighted by Crippen LogP contribution is -2.27. The molecule has 0 fully saturated rings. The Morgan fingerprint density at radius 1 is 1.29 bits per heavy atom. The number of hydrogen-bond acceptors (Lipinski definition) is 8. The first-order valence-electron chi connectivity index (χ1n) is 7.16. The average Bonchev–Trinajstić information content (AvgIpc) is 2.61. The van der Waals surface area contributed by atoms with Crippen LogP contribution in [0.2, 0.25) is 0 Å². The van der Waals surface area contributed by atoms with Gasteiger partial charge < -0.3 is 9.63 Å². The molecule has 0 radical (unpaired) electrons. The lowest BCUT2D eigenvalue weighted by Gasteiger charge is -2.02. The largest absolute Gasteiger partial charge is 0.341 e. The minimum absolute atomic E-state index is 0.0266. The van der Waals surface area contributed by atoms with Crippen molar-refractivity contribution in [2.24, 2.45) is 0 Å². The Balaban J connectivity index is 2.05. The summed E-state index contributed by atoms with van der Waals surface area (Å²) >= 11 is 0. The first kappa shape index (κ1) is 20.6. The van der Waals surface area contributed by atoms with Crippen molar-refractivity contribution in [2.75, 3.05) is 18.1 Å². The Morgan fingerprint density at radius 3 is 2.83 bits per heavy atom. The van der Waals surface area contributed by atoms with Crippen LogP contribution in [-0.4, -0.2) is 41.2 Å². The van der Waals surface area contributed by atoms with Gasteiger partial charge in [0.15, 0.2) is 12.3 Å². The van der Waals surface area contributed by atoms with Gasteiger partial charge in [-0.25, -0.2) is 9.78 Å². The molecule has 1 N–H and O–H groups in total. The number of rotatable bonds is 11. The molecule has 0 spiro atoms. The Morgan fingerprint density at radius 2 is 2.12 bits per heavy atom. The molecule has 0 bridgehead atoms. The molecular formula is C14H18N2O5PS2+. The number of amides is 1. The summed E-state index contributed by atoms with van der Waals surface area (Å²) in [7, 11) is 1.58. The number of hydroxylamine groups is 1. The van der Waals surface area contributed by atoms with Crippen LogP contribution in [-0.2, 0) is 23.8 Å². The lowest BCUT2D eigenvalue weighted by atomic mass is 10.3. The monoisotopic (exact) mass is 389 g/mol. The van der Waals surface area contributed by atoms with Gasteiger partial charge in [0.2, 0.25) is 0 Å². The van der Waals surface area contributed by atoms with Crippen LogP contribution in [0.4, 0.5) is 0 Å². The molecule has 1 aromatic heterocycles. The smallest absolute Gasteiger partial charge is 0.340 e. The van der Waals surface area contributed by atoms with Gasteiger partial charge in [0.25, 0.3) is 5.91 Å². The highest BCUT2D eigenvalue weighted by molar-refractivity contribution is 8.76. The van der Waals surface area contributed by atoms with Crippen molar-refractivity contribution in [1.82, 2.24) is 10.5 Å². The second-order valence-electron chi connectivity index (χ2n) is 4.46. The van der Waals surface area contributed by atoms with Crippen molar-refractivity contribution in [2.45, 2.75) is 24.3 Å². The fourth-order valence-corrected chi connectivity index (χ4v) is 5.16. The summed E-state index contributed by atoms with van der Waals surface area (Å²) in [6.07, 6.45) is 3.05. The van der Waals surface area contributed by atoms with Gasteiger partial charge in [0.05, 0.1) is 6.42 Å². The molecule has 0 saturated heterocycles. The second-order valence-corrected chi connectivity index (χ2v) is 8.75. The zero-order valence-electron chi connectivity index (χ0n) is 12.9. The zero-order chi connectivity index (χ0) is 17.6. The van der Waals surface area contributed by atoms with Crippen molar-refractivity contribution in [3.05, 3.63) is 24.4 Å². The van der Waals surface area contributed by atoms with E-state index >= 15 is 0 Å². The molecule has 1 amide bonds. The number of carbonyl (C=O) groups excluding carboxylic acids is 3. The van der Waals surface area contributed by atoms with Crippen LogP contribution in [0.5, 0.6) is 0 Å². The first-order chi connectivity index (χ1) is 11.6. The molecule has 0 aliphatic heterocycles. The van der Waals surface area contributed by atoms with Crippen LogP contribution >= 0.6 is 29.4 Å². The van der Waals surface area contributed by atoms with Gasteiger partial charge in [-0.3, -0.25) is 4.79 Å². The van der Waals surface area contributed by atoms with Gasteiger partial charge in [0, 0.05) is 24.8 Å². The number of carbonyl (C=O) groups is 3. The van der Waals surface area contributed by atoms with Crippen molar-refractivity contribution >= 4 is 47.6 Å². The maximum Gasteiger partial charge on any atom is 0.340 e. The molecule has 1 unspecified atom stereocenters. The van der Waals surface area contributed by atoms with E-state index in [-0.39, 0.29) is 25.4 Å². The van der Waals surface area contributed by atoms with E-state index in [4.69, 9.17) is 0 Å². The van der Waals surface area contributed by atoms with Gasteiger partial charge in [0.1, 0.15) is 11.3 Å². The van der Waals surface area contributed by atoms with Crippen LogP contribution < -0.4 is 5.48 Å². The molecule has 0 aliphatic rings. The standard InChI is InChI=1S/C14H17N2O5PS2/c17-8-3-4-12(18)16-21-14(19)6-9-22(20)10-11-23-24-13-5-1-2-7-15-13/h1-2,5,7-8H,3-4,6,9-11H2/p+1. The predicted octanol–water partition coefficient (Wildman–Crippen LogP) is 2.59. The number of nitrogens with one attached hydrogen (secondary N) is 1. The minimum atomic E-state index is -1.49. The zero-order valence-corrected chi connectivity index (χ0v) is 15.4. The minimum Gasteiger partial charge on any atom is -0.341 e. The molecule has 0 aliphatic carbocycles. The normalized spacial score (nSPS) is 10.8. The van der Waals surface area contributed by atoms with Crippen molar-refractivity contribution in [3.8, 4) is 0 Å². The van der Waals surface area contributed by atoms with E-state index < -0.39 is 19.7 Å². The van der Waals surface area contributed by atoms with Gasteiger partial charge in [-0.2, -0.15) is 5.48 Å². The highest BCUT2D eigenvalue weighted by Gasteiger charge is 2.18. The fourth-order valence-electron chi connectivity index (χ4n) is 1.37. The van der Waals surface area contributed by atoms with E-state index in [1.807, 2.05) is 23.7 Å². The van der Waals surface area contributed by atoms with Crippen LogP contribution in [0.25, 0.3) is 0 Å². The summed E-state index contributed by atoms with van der Waals surface area (Å²) in [5.74, 6) is -0.496. The number of hydrogen-bond donors (Lipinski definition) is 1. The highest BCUT2D eigenvalue weighted by Crippen LogP contribution is 2.32. The molecule has 0 aromatic carbocycles. The summed E-state index contributed by atoms with van der Waals surface area (Å²) in [6.45, 7) is 0. The molecule has 1 atom stereocenters. The Kier molecular flexibility index (Phi) is 11.1. The molecule has 10 heteroatoms. The third-order valence-corrected chi connectivity index (χ3v) is 6.55. The number of nitrogens with zero attached hydrogens (tertiary/aromatic N) is 1. The average molecular weight is 389 g/mol. The Labute approximate surface area is 148 Å². The summed E-state index contributed by atoms with van der Waals surface area (Å²) in [5, 5.41) is 0.895. The SMILES string of the molecule is O=CCCC(=O)NOC(=O)CC[P+](=O)CCSSc1ccccn1. The fraction of sp³-hybridized carbons (Fsp3) is 0.429. The van der Waals surface area contributed by atoms with E-state index in [9.17, 15) is 18.9 Å². The maximum atomic E-state index is 11.8. The third-order valence-electron chi connectivity index (χ3n) is 2.54. The second kappa shape index (κ2) is 12.9. The first-order valence-corrected chi connectivity index (χ1v) is 11.1. The van der Waals surface area contributed by atoms with Crippen LogP contribution in [0, 0.1) is 0 Å². The molecule has 0 saturated carbocycles.